The van der Waals surface area contributed by atoms with Gasteiger partial charge in [-0.3, -0.25) is 4.79 Å². The summed E-state index contributed by atoms with van der Waals surface area (Å²) in [4.78, 5) is 25.0. The SMILES string of the molecule is C[C@@H]1CCN(c2ncnc(N)c2F)C[C@H]1N1CCCC(N)(Nc2cc(Cl)cc(Cl)c2)C1=O. The van der Waals surface area contributed by atoms with Gasteiger partial charge < -0.3 is 26.6 Å². The number of piperidine rings is 2. The van der Waals surface area contributed by atoms with Gasteiger partial charge in [-0.15, -0.1) is 0 Å². The van der Waals surface area contributed by atoms with Crippen LogP contribution < -0.4 is 21.7 Å². The summed E-state index contributed by atoms with van der Waals surface area (Å²) in [5.74, 6) is -0.672. The molecule has 0 saturated carbocycles. The van der Waals surface area contributed by atoms with Crippen LogP contribution in [0.3, 0.4) is 0 Å². The number of hydrogen-bond donors (Lipinski definition) is 3. The molecule has 2 fully saturated rings. The first-order chi connectivity index (χ1) is 15.2. The molecule has 8 nitrogen and oxygen atoms in total. The van der Waals surface area contributed by atoms with Crippen LogP contribution in [0.4, 0.5) is 21.7 Å². The number of amides is 1. The molecule has 2 saturated heterocycles. The van der Waals surface area contributed by atoms with Crippen LogP contribution in [-0.2, 0) is 4.79 Å². The number of rotatable bonds is 4. The molecule has 1 aromatic heterocycles. The fourth-order valence-corrected chi connectivity index (χ4v) is 5.08. The minimum atomic E-state index is -1.29. The van der Waals surface area contributed by atoms with Gasteiger partial charge in [-0.2, -0.15) is 4.39 Å². The Morgan fingerprint density at radius 2 is 1.94 bits per heavy atom. The van der Waals surface area contributed by atoms with Crippen LogP contribution in [0.1, 0.15) is 26.2 Å². The molecule has 3 atom stereocenters. The van der Waals surface area contributed by atoms with E-state index in [1.807, 2.05) is 9.80 Å². The molecular weight excluding hydrogens is 456 g/mol. The first-order valence-electron chi connectivity index (χ1n) is 10.5. The van der Waals surface area contributed by atoms with E-state index in [9.17, 15) is 9.18 Å². The third kappa shape index (κ3) is 4.42. The summed E-state index contributed by atoms with van der Waals surface area (Å²) in [6, 6.07) is 4.83. The molecule has 2 aromatic rings. The van der Waals surface area contributed by atoms with E-state index >= 15 is 0 Å². The van der Waals surface area contributed by atoms with Crippen molar-refractivity contribution in [1.29, 1.82) is 0 Å². The predicted octanol–water partition coefficient (Wildman–Crippen LogP) is 3.11. The van der Waals surface area contributed by atoms with Crippen molar-refractivity contribution < 1.29 is 9.18 Å². The van der Waals surface area contributed by atoms with Gasteiger partial charge in [0.1, 0.15) is 6.33 Å². The molecule has 2 aliphatic heterocycles. The number of nitrogens with zero attached hydrogens (tertiary/aromatic N) is 4. The van der Waals surface area contributed by atoms with Crippen molar-refractivity contribution in [3.8, 4) is 0 Å². The molecule has 2 aliphatic rings. The van der Waals surface area contributed by atoms with Crippen LogP contribution >= 0.6 is 23.2 Å². The van der Waals surface area contributed by atoms with Crippen LogP contribution in [0.15, 0.2) is 24.5 Å². The molecule has 3 heterocycles. The summed E-state index contributed by atoms with van der Waals surface area (Å²) in [7, 11) is 0. The predicted molar refractivity (Wildman–Crippen MR) is 124 cm³/mol. The van der Waals surface area contributed by atoms with Gasteiger partial charge >= 0.3 is 0 Å². The van der Waals surface area contributed by atoms with E-state index in [0.29, 0.717) is 41.8 Å². The third-order valence-electron chi connectivity index (χ3n) is 6.26. The maximum absolute atomic E-state index is 14.5. The summed E-state index contributed by atoms with van der Waals surface area (Å²) < 4.78 is 14.5. The molecule has 0 aliphatic carbocycles. The van der Waals surface area contributed by atoms with E-state index < -0.39 is 11.5 Å². The number of nitrogen functional groups attached to an aromatic ring is 1. The Morgan fingerprint density at radius 1 is 1.22 bits per heavy atom. The molecule has 1 aromatic carbocycles. The molecule has 1 amide bonds. The Morgan fingerprint density at radius 3 is 2.66 bits per heavy atom. The van der Waals surface area contributed by atoms with Gasteiger partial charge in [-0.25, -0.2) is 9.97 Å². The summed E-state index contributed by atoms with van der Waals surface area (Å²) in [6.07, 6.45) is 3.21. The van der Waals surface area contributed by atoms with Crippen molar-refractivity contribution in [2.75, 3.05) is 35.6 Å². The van der Waals surface area contributed by atoms with Gasteiger partial charge in [0.2, 0.25) is 5.82 Å². The lowest BCUT2D eigenvalue weighted by Gasteiger charge is -2.48. The van der Waals surface area contributed by atoms with E-state index in [2.05, 4.69) is 22.2 Å². The lowest BCUT2D eigenvalue weighted by molar-refractivity contribution is -0.143. The maximum Gasteiger partial charge on any atom is 0.263 e. The van der Waals surface area contributed by atoms with Crippen molar-refractivity contribution in [2.45, 2.75) is 37.9 Å². The summed E-state index contributed by atoms with van der Waals surface area (Å²) >= 11 is 12.2. The fraction of sp³-hybridized carbons (Fsp3) is 0.476. The van der Waals surface area contributed by atoms with Crippen LogP contribution in [-0.4, -0.2) is 52.1 Å². The molecule has 32 heavy (non-hydrogen) atoms. The molecule has 1 unspecified atom stereocenters. The van der Waals surface area contributed by atoms with Gasteiger partial charge in [0.05, 0.1) is 6.04 Å². The van der Waals surface area contributed by atoms with Gasteiger partial charge in [0.15, 0.2) is 17.3 Å². The number of halogens is 3. The van der Waals surface area contributed by atoms with Gasteiger partial charge in [0, 0.05) is 35.4 Å². The average Bonchev–Trinajstić information content (AvgIpc) is 2.72. The minimum Gasteiger partial charge on any atom is -0.381 e. The zero-order valence-corrected chi connectivity index (χ0v) is 19.2. The number of hydrogen-bond acceptors (Lipinski definition) is 7. The normalized spacial score (nSPS) is 26.3. The molecule has 11 heteroatoms. The molecule has 4 rings (SSSR count). The zero-order valence-electron chi connectivity index (χ0n) is 17.7. The van der Waals surface area contributed by atoms with Crippen molar-refractivity contribution in [2.24, 2.45) is 11.7 Å². The van der Waals surface area contributed by atoms with Crippen LogP contribution in [0.5, 0.6) is 0 Å². The summed E-state index contributed by atoms with van der Waals surface area (Å²) in [6.45, 7) is 3.71. The van der Waals surface area contributed by atoms with Crippen LogP contribution in [0.25, 0.3) is 0 Å². The Labute approximate surface area is 196 Å². The van der Waals surface area contributed by atoms with Gasteiger partial charge in [0.25, 0.3) is 5.91 Å². The highest BCUT2D eigenvalue weighted by Gasteiger charge is 2.45. The minimum absolute atomic E-state index is 0.153. The van der Waals surface area contributed by atoms with Gasteiger partial charge in [-0.05, 0) is 43.4 Å². The number of nitrogens with two attached hydrogens (primary N) is 2. The van der Waals surface area contributed by atoms with Crippen LogP contribution in [0.2, 0.25) is 10.0 Å². The van der Waals surface area contributed by atoms with E-state index in [1.165, 1.54) is 6.33 Å². The fourth-order valence-electron chi connectivity index (χ4n) is 4.55. The second kappa shape index (κ2) is 8.88. The monoisotopic (exact) mass is 481 g/mol. The lowest BCUT2D eigenvalue weighted by Crippen LogP contribution is -2.67. The molecule has 0 bridgehead atoms. The third-order valence-corrected chi connectivity index (χ3v) is 6.70. The first kappa shape index (κ1) is 22.8. The Kier molecular flexibility index (Phi) is 6.33. The average molecular weight is 482 g/mol. The maximum atomic E-state index is 14.5. The topological polar surface area (TPSA) is 113 Å². The standard InChI is InChI=1S/C21H26Cl2FN7O/c1-12-3-6-30(19-17(24)18(25)27-11-28-19)10-16(12)31-5-2-4-21(26,20(31)32)29-15-8-13(22)7-14(23)9-15/h7-9,11-12,16,29H,2-6,10,26H2,1H3,(H2,25,27,28)/t12-,16-,21?/m1/s1. The van der Waals surface area contributed by atoms with Crippen LogP contribution in [0, 0.1) is 11.7 Å². The van der Waals surface area contributed by atoms with E-state index in [-0.39, 0.29) is 29.5 Å². The second-order valence-corrected chi connectivity index (χ2v) is 9.41. The number of benzene rings is 1. The number of carbonyl (C=O) groups is 1. The first-order valence-corrected chi connectivity index (χ1v) is 11.3. The van der Waals surface area contributed by atoms with Crippen molar-refractivity contribution >= 4 is 46.4 Å². The number of carbonyl (C=O) groups excluding carboxylic acids is 1. The molecule has 0 radical (unpaired) electrons. The summed E-state index contributed by atoms with van der Waals surface area (Å²) in [5, 5.41) is 4.04. The zero-order chi connectivity index (χ0) is 23.0. The number of likely N-dealkylation sites (tertiary alicyclic amines) is 1. The Bertz CT molecular complexity index is 1010. The lowest BCUT2D eigenvalue weighted by atomic mass is 9.88. The molecule has 0 spiro atoms. The second-order valence-electron chi connectivity index (χ2n) is 8.53. The Balaban J connectivity index is 1.56. The van der Waals surface area contributed by atoms with E-state index in [1.54, 1.807) is 18.2 Å². The quantitative estimate of drug-likeness (QED) is 0.574. The molecule has 5 N–H and O–H groups in total. The van der Waals surface area contributed by atoms with Crippen molar-refractivity contribution in [3.05, 3.63) is 40.4 Å². The smallest absolute Gasteiger partial charge is 0.263 e. The highest BCUT2D eigenvalue weighted by Crippen LogP contribution is 2.33. The number of aromatic nitrogens is 2. The highest BCUT2D eigenvalue weighted by molar-refractivity contribution is 6.35. The molecular formula is C21H26Cl2FN7O. The van der Waals surface area contributed by atoms with Crippen molar-refractivity contribution in [3.63, 3.8) is 0 Å². The van der Waals surface area contributed by atoms with E-state index in [0.717, 1.165) is 12.8 Å². The largest absolute Gasteiger partial charge is 0.381 e. The number of nitrogens with one attached hydrogen (secondary N) is 1. The highest BCUT2D eigenvalue weighted by atomic mass is 35.5. The van der Waals surface area contributed by atoms with Gasteiger partial charge in [-0.1, -0.05) is 30.1 Å². The molecule has 172 valence electrons. The Hall–Kier alpha value is -2.36. The number of anilines is 3. The summed E-state index contributed by atoms with van der Waals surface area (Å²) in [5.41, 5.74) is 11.5. The van der Waals surface area contributed by atoms with E-state index in [4.69, 9.17) is 34.7 Å². The van der Waals surface area contributed by atoms with Crippen molar-refractivity contribution in [1.82, 2.24) is 14.9 Å².